The molecule has 1 aliphatic carbocycles. The Morgan fingerprint density at radius 3 is 2.42 bits per heavy atom. The Balaban J connectivity index is 1.13. The van der Waals surface area contributed by atoms with Crippen molar-refractivity contribution in [1.82, 2.24) is 14.8 Å². The molecule has 1 aromatic heterocycles. The predicted molar refractivity (Wildman–Crippen MR) is 155 cm³/mol. The Morgan fingerprint density at radius 1 is 0.950 bits per heavy atom. The van der Waals surface area contributed by atoms with Gasteiger partial charge in [0.2, 0.25) is 0 Å². The maximum atomic E-state index is 13.5. The smallest absolute Gasteiger partial charge is 0.264 e. The number of benzene rings is 3. The van der Waals surface area contributed by atoms with Crippen LogP contribution < -0.4 is 9.46 Å². The molecule has 1 aliphatic heterocycles. The van der Waals surface area contributed by atoms with Crippen molar-refractivity contribution in [2.75, 3.05) is 44.6 Å². The molecular weight excluding hydrogens is 524 g/mol. The number of anilines is 1. The second-order valence-corrected chi connectivity index (χ2v) is 12.2. The molecule has 6 rings (SSSR count). The first-order valence-electron chi connectivity index (χ1n) is 13.5. The van der Waals surface area contributed by atoms with Crippen LogP contribution in [0.3, 0.4) is 0 Å². The standard InChI is InChI=1S/C31H32N4O4S/c1-39-27-21-25(33-40(37,38)28-11-5-7-23-8-6-16-32-29(23)28)12-13-26(27)30(36)35-19-17-34(18-20-35)22-31(14-15-31)24-9-3-2-4-10-24/h2-13,16,21,33H,14-15,17-20,22H2,1H3. The molecule has 2 aliphatic rings. The summed E-state index contributed by atoms with van der Waals surface area (Å²) in [4.78, 5) is 22.1. The Labute approximate surface area is 234 Å². The van der Waals surface area contributed by atoms with E-state index in [1.165, 1.54) is 31.6 Å². The third-order valence-electron chi connectivity index (χ3n) is 7.99. The summed E-state index contributed by atoms with van der Waals surface area (Å²) in [6, 6.07) is 24.1. The van der Waals surface area contributed by atoms with Gasteiger partial charge in [0.05, 0.1) is 23.9 Å². The van der Waals surface area contributed by atoms with Crippen molar-refractivity contribution in [2.45, 2.75) is 23.2 Å². The zero-order chi connectivity index (χ0) is 27.7. The summed E-state index contributed by atoms with van der Waals surface area (Å²) in [5.74, 6) is 0.207. The van der Waals surface area contributed by atoms with Gasteiger partial charge in [-0.2, -0.15) is 0 Å². The highest BCUT2D eigenvalue weighted by Crippen LogP contribution is 2.48. The van der Waals surface area contributed by atoms with Crippen LogP contribution in [-0.2, 0) is 15.4 Å². The first-order chi connectivity index (χ1) is 19.4. The molecule has 2 heterocycles. The van der Waals surface area contributed by atoms with Gasteiger partial charge >= 0.3 is 0 Å². The molecular formula is C31H32N4O4S. The molecule has 0 unspecified atom stereocenters. The fourth-order valence-electron chi connectivity index (χ4n) is 5.62. The van der Waals surface area contributed by atoms with Gasteiger partial charge < -0.3 is 9.64 Å². The third kappa shape index (κ3) is 5.14. The number of pyridine rings is 1. The summed E-state index contributed by atoms with van der Waals surface area (Å²) >= 11 is 0. The van der Waals surface area contributed by atoms with Crippen molar-refractivity contribution in [3.63, 3.8) is 0 Å². The quantitative estimate of drug-likeness (QED) is 0.343. The zero-order valence-corrected chi connectivity index (χ0v) is 23.2. The van der Waals surface area contributed by atoms with Gasteiger partial charge in [-0.15, -0.1) is 0 Å². The SMILES string of the molecule is COc1cc(NS(=O)(=O)c2cccc3cccnc23)ccc1C(=O)N1CCN(CC2(c3ccccc3)CC2)CC1. The van der Waals surface area contributed by atoms with E-state index in [-0.39, 0.29) is 16.2 Å². The molecule has 1 amide bonds. The van der Waals surface area contributed by atoms with E-state index in [1.54, 1.807) is 36.5 Å². The van der Waals surface area contributed by atoms with Crippen molar-refractivity contribution in [3.8, 4) is 5.75 Å². The predicted octanol–water partition coefficient (Wildman–Crippen LogP) is 4.53. The lowest BCUT2D eigenvalue weighted by atomic mass is 9.95. The van der Waals surface area contributed by atoms with Gasteiger partial charge in [-0.05, 0) is 42.7 Å². The number of piperazine rings is 1. The van der Waals surface area contributed by atoms with Crippen LogP contribution in [0.25, 0.3) is 10.9 Å². The monoisotopic (exact) mass is 556 g/mol. The molecule has 2 fully saturated rings. The van der Waals surface area contributed by atoms with Crippen molar-refractivity contribution in [3.05, 3.63) is 96.2 Å². The molecule has 8 nitrogen and oxygen atoms in total. The van der Waals surface area contributed by atoms with Gasteiger partial charge in [-0.3, -0.25) is 19.4 Å². The Kier molecular flexibility index (Phi) is 6.93. The van der Waals surface area contributed by atoms with E-state index in [2.05, 4.69) is 44.9 Å². The number of nitrogens with one attached hydrogen (secondary N) is 1. The third-order valence-corrected chi connectivity index (χ3v) is 9.41. The number of para-hydroxylation sites is 1. The number of carbonyl (C=O) groups is 1. The van der Waals surface area contributed by atoms with Crippen molar-refractivity contribution in [1.29, 1.82) is 0 Å². The average Bonchev–Trinajstić information content (AvgIpc) is 3.77. The topological polar surface area (TPSA) is 91.8 Å². The van der Waals surface area contributed by atoms with Gasteiger partial charge in [-0.1, -0.05) is 48.5 Å². The number of aromatic nitrogens is 1. The summed E-state index contributed by atoms with van der Waals surface area (Å²) in [6.45, 7) is 3.92. The van der Waals surface area contributed by atoms with Gasteiger partial charge in [0.25, 0.3) is 15.9 Å². The molecule has 0 atom stereocenters. The number of sulfonamides is 1. The van der Waals surface area contributed by atoms with Gasteiger partial charge in [0.1, 0.15) is 10.6 Å². The Hall–Kier alpha value is -3.95. The fourth-order valence-corrected chi connectivity index (χ4v) is 6.85. The van der Waals surface area contributed by atoms with Crippen LogP contribution in [0, 0.1) is 0 Å². The number of nitrogens with zero attached hydrogens (tertiary/aromatic N) is 3. The Morgan fingerprint density at radius 2 is 1.70 bits per heavy atom. The van der Waals surface area contributed by atoms with Crippen LogP contribution in [0.4, 0.5) is 5.69 Å². The minimum absolute atomic E-state index is 0.0860. The maximum Gasteiger partial charge on any atom is 0.264 e. The van der Waals surface area contributed by atoms with E-state index in [4.69, 9.17) is 4.74 Å². The number of hydrogen-bond acceptors (Lipinski definition) is 6. The summed E-state index contributed by atoms with van der Waals surface area (Å²) in [6.07, 6.45) is 3.98. The van der Waals surface area contributed by atoms with E-state index in [1.807, 2.05) is 17.0 Å². The van der Waals surface area contributed by atoms with Gasteiger partial charge in [0.15, 0.2) is 0 Å². The number of rotatable bonds is 8. The Bertz CT molecular complexity index is 1640. The second kappa shape index (κ2) is 10.6. The van der Waals surface area contributed by atoms with Gasteiger partial charge in [-0.25, -0.2) is 8.42 Å². The van der Waals surface area contributed by atoms with Crippen LogP contribution >= 0.6 is 0 Å². The first kappa shape index (κ1) is 26.3. The van der Waals surface area contributed by atoms with Crippen LogP contribution in [-0.4, -0.2) is 68.9 Å². The number of carbonyl (C=O) groups excluding carboxylic acids is 1. The van der Waals surface area contributed by atoms with Crippen molar-refractivity contribution >= 4 is 32.5 Å². The largest absolute Gasteiger partial charge is 0.496 e. The van der Waals surface area contributed by atoms with E-state index < -0.39 is 10.0 Å². The molecule has 1 saturated heterocycles. The van der Waals surface area contributed by atoms with Crippen LogP contribution in [0.2, 0.25) is 0 Å². The lowest BCUT2D eigenvalue weighted by Gasteiger charge is -2.37. The fraction of sp³-hybridized carbons (Fsp3) is 0.290. The summed E-state index contributed by atoms with van der Waals surface area (Å²) in [5.41, 5.74) is 2.77. The summed E-state index contributed by atoms with van der Waals surface area (Å²) < 4.78 is 34.6. The molecule has 0 spiro atoms. The highest BCUT2D eigenvalue weighted by atomic mass is 32.2. The zero-order valence-electron chi connectivity index (χ0n) is 22.4. The van der Waals surface area contributed by atoms with Crippen molar-refractivity contribution in [2.24, 2.45) is 0 Å². The van der Waals surface area contributed by atoms with E-state index in [9.17, 15) is 13.2 Å². The highest BCUT2D eigenvalue weighted by Gasteiger charge is 2.45. The maximum absolute atomic E-state index is 13.5. The average molecular weight is 557 g/mol. The second-order valence-electron chi connectivity index (χ2n) is 10.6. The lowest BCUT2D eigenvalue weighted by molar-refractivity contribution is 0.0622. The minimum Gasteiger partial charge on any atom is -0.496 e. The minimum atomic E-state index is -3.92. The van der Waals surface area contributed by atoms with Crippen LogP contribution in [0.5, 0.6) is 5.75 Å². The number of hydrogen-bond donors (Lipinski definition) is 1. The van der Waals surface area contributed by atoms with E-state index in [0.717, 1.165) is 25.0 Å². The lowest BCUT2D eigenvalue weighted by Crippen LogP contribution is -2.50. The van der Waals surface area contributed by atoms with Crippen LogP contribution in [0.1, 0.15) is 28.8 Å². The molecule has 0 radical (unpaired) electrons. The summed E-state index contributed by atoms with van der Waals surface area (Å²) in [7, 11) is -2.44. The molecule has 4 aromatic rings. The number of ether oxygens (including phenoxy) is 1. The molecule has 1 N–H and O–H groups in total. The molecule has 3 aromatic carbocycles. The van der Waals surface area contributed by atoms with Crippen molar-refractivity contribution < 1.29 is 17.9 Å². The van der Waals surface area contributed by atoms with Gasteiger partial charge in [0, 0.05) is 55.8 Å². The van der Waals surface area contributed by atoms with E-state index in [0.29, 0.717) is 35.6 Å². The van der Waals surface area contributed by atoms with Crippen LogP contribution in [0.15, 0.2) is 90.0 Å². The van der Waals surface area contributed by atoms with E-state index >= 15 is 0 Å². The number of fused-ring (bicyclic) bond motifs is 1. The summed E-state index contributed by atoms with van der Waals surface area (Å²) in [5, 5.41) is 0.733. The highest BCUT2D eigenvalue weighted by molar-refractivity contribution is 7.93. The molecule has 9 heteroatoms. The molecule has 40 heavy (non-hydrogen) atoms. The molecule has 206 valence electrons. The molecule has 0 bridgehead atoms. The number of methoxy groups -OCH3 is 1. The first-order valence-corrected chi connectivity index (χ1v) is 15.0. The number of amides is 1. The normalized spacial score (nSPS) is 17.0. The molecule has 1 saturated carbocycles.